The number of carbonyl (C=O) groups is 6. The first-order chi connectivity index (χ1) is 19.1. The maximum Gasteiger partial charge on any atom is 0.303 e. The molecule has 0 aliphatic carbocycles. The fraction of sp³-hybridized carbons (Fsp3) is 0.750. The molecule has 0 radical (unpaired) electrons. The van der Waals surface area contributed by atoms with Crippen LogP contribution in [0.2, 0.25) is 0 Å². The number of aliphatic hydroxyl groups excluding tert-OH is 1. The normalized spacial score (nSPS) is 33.1. The highest BCUT2D eigenvalue weighted by atomic mass is 19.1. The van der Waals surface area contributed by atoms with Crippen LogP contribution in [-0.4, -0.2) is 116 Å². The lowest BCUT2D eigenvalue weighted by Gasteiger charge is -2.47. The van der Waals surface area contributed by atoms with E-state index in [4.69, 9.17) is 42.6 Å². The van der Waals surface area contributed by atoms with Gasteiger partial charge in [0.2, 0.25) is 6.36 Å². The summed E-state index contributed by atoms with van der Waals surface area (Å²) in [7, 11) is 0. The molecule has 2 heterocycles. The molecule has 232 valence electrons. The zero-order valence-electron chi connectivity index (χ0n) is 23.1. The largest absolute Gasteiger partial charge is 0.463 e. The standard InChI is InChI=1S/C24H33FO16/c1-9(26)33-7-15-17(32)19(35-11(3)28)22(38-14(6)31)24(40-15)41-18-16(8-34-10(2)27)39-23(25)21(37-13(5)30)20(18)36-12(4)29/h15-24,32H,7-8H2,1-6H3/t15?,16?,17-,18-,19+,20+,21?,22?,23+,24-/m1/s1. The van der Waals surface area contributed by atoms with E-state index in [1.165, 1.54) is 0 Å². The third-order valence-corrected chi connectivity index (χ3v) is 5.60. The van der Waals surface area contributed by atoms with Gasteiger partial charge in [-0.15, -0.1) is 0 Å². The van der Waals surface area contributed by atoms with E-state index < -0.39 is 111 Å². The summed E-state index contributed by atoms with van der Waals surface area (Å²) >= 11 is 0. The van der Waals surface area contributed by atoms with Crippen LogP contribution >= 0.6 is 0 Å². The Hall–Kier alpha value is -3.41. The SMILES string of the molecule is CC(=O)OCC1O[C@H](O[C@@H]2C(COC(C)=O)O[C@H](F)C(OC(C)=O)[C@H]2OC(C)=O)C(OC(C)=O)[C@@H](OC(C)=O)[C@@H]1O. The van der Waals surface area contributed by atoms with Crippen molar-refractivity contribution in [3.05, 3.63) is 0 Å². The predicted molar refractivity (Wildman–Crippen MR) is 125 cm³/mol. The number of carbonyl (C=O) groups excluding carboxylic acids is 6. The molecular weight excluding hydrogens is 563 g/mol. The zero-order chi connectivity index (χ0) is 31.0. The molecule has 0 saturated carbocycles. The molecule has 2 rings (SSSR count). The Morgan fingerprint density at radius 2 is 1.02 bits per heavy atom. The fourth-order valence-corrected chi connectivity index (χ4v) is 4.14. The van der Waals surface area contributed by atoms with E-state index in [1.54, 1.807) is 0 Å². The highest BCUT2D eigenvalue weighted by Crippen LogP contribution is 2.34. The molecule has 0 amide bonds. The van der Waals surface area contributed by atoms with Crippen molar-refractivity contribution in [1.82, 2.24) is 0 Å². The lowest BCUT2D eigenvalue weighted by Crippen LogP contribution is -2.66. The minimum atomic E-state index is -2.38. The first-order valence-corrected chi connectivity index (χ1v) is 12.3. The fourth-order valence-electron chi connectivity index (χ4n) is 4.14. The van der Waals surface area contributed by atoms with Gasteiger partial charge in [0.1, 0.15) is 37.6 Å². The second-order valence-corrected chi connectivity index (χ2v) is 9.06. The summed E-state index contributed by atoms with van der Waals surface area (Å²) in [5.41, 5.74) is 0. The second kappa shape index (κ2) is 15.0. The molecule has 0 aromatic carbocycles. The summed E-state index contributed by atoms with van der Waals surface area (Å²) in [5.74, 6) is -5.30. The second-order valence-electron chi connectivity index (χ2n) is 9.06. The Morgan fingerprint density at radius 1 is 0.585 bits per heavy atom. The van der Waals surface area contributed by atoms with Gasteiger partial charge in [0.05, 0.1) is 0 Å². The van der Waals surface area contributed by atoms with Gasteiger partial charge in [0.15, 0.2) is 30.7 Å². The van der Waals surface area contributed by atoms with E-state index in [0.717, 1.165) is 41.5 Å². The highest BCUT2D eigenvalue weighted by Gasteiger charge is 2.56. The van der Waals surface area contributed by atoms with Gasteiger partial charge in [-0.3, -0.25) is 28.8 Å². The van der Waals surface area contributed by atoms with Crippen molar-refractivity contribution < 1.29 is 80.9 Å². The van der Waals surface area contributed by atoms with E-state index in [-0.39, 0.29) is 0 Å². The molecule has 2 saturated heterocycles. The van der Waals surface area contributed by atoms with E-state index in [2.05, 4.69) is 0 Å². The van der Waals surface area contributed by atoms with Gasteiger partial charge in [-0.05, 0) is 0 Å². The van der Waals surface area contributed by atoms with Gasteiger partial charge in [0, 0.05) is 41.5 Å². The third kappa shape index (κ3) is 9.87. The van der Waals surface area contributed by atoms with Crippen LogP contribution in [0.25, 0.3) is 0 Å². The van der Waals surface area contributed by atoms with Crippen molar-refractivity contribution in [2.45, 2.75) is 103 Å². The molecule has 0 bridgehead atoms. The molecule has 0 aromatic heterocycles. The quantitative estimate of drug-likeness (QED) is 0.237. The van der Waals surface area contributed by atoms with Crippen molar-refractivity contribution in [3.63, 3.8) is 0 Å². The average Bonchev–Trinajstić information content (AvgIpc) is 2.83. The van der Waals surface area contributed by atoms with E-state index >= 15 is 4.39 Å². The predicted octanol–water partition coefficient (Wildman–Crippen LogP) is -0.995. The summed E-state index contributed by atoms with van der Waals surface area (Å²) in [6, 6.07) is 0. The van der Waals surface area contributed by atoms with Crippen LogP contribution in [0.15, 0.2) is 0 Å². The van der Waals surface area contributed by atoms with E-state index in [9.17, 15) is 33.9 Å². The average molecular weight is 597 g/mol. The first kappa shape index (κ1) is 33.8. The van der Waals surface area contributed by atoms with Gasteiger partial charge in [-0.25, -0.2) is 4.39 Å². The van der Waals surface area contributed by atoms with Crippen molar-refractivity contribution in [2.24, 2.45) is 0 Å². The Morgan fingerprint density at radius 3 is 1.51 bits per heavy atom. The number of rotatable bonds is 10. The Labute approximate surface area is 233 Å². The number of aliphatic hydroxyl groups is 1. The summed E-state index contributed by atoms with van der Waals surface area (Å²) in [5, 5.41) is 10.8. The van der Waals surface area contributed by atoms with Crippen LogP contribution in [0.3, 0.4) is 0 Å². The molecule has 0 spiro atoms. The van der Waals surface area contributed by atoms with Gasteiger partial charge in [-0.1, -0.05) is 0 Å². The Balaban J connectivity index is 2.57. The minimum absolute atomic E-state index is 0.574. The van der Waals surface area contributed by atoms with Crippen LogP contribution < -0.4 is 0 Å². The summed E-state index contributed by atoms with van der Waals surface area (Å²) in [6.45, 7) is 4.87. The maximum absolute atomic E-state index is 15.1. The Bertz CT molecular complexity index is 987. The maximum atomic E-state index is 15.1. The number of alkyl halides is 1. The third-order valence-electron chi connectivity index (χ3n) is 5.60. The summed E-state index contributed by atoms with van der Waals surface area (Å²) < 4.78 is 62.5. The number of hydrogen-bond acceptors (Lipinski definition) is 16. The lowest BCUT2D eigenvalue weighted by atomic mass is 9.96. The molecule has 2 aliphatic rings. The van der Waals surface area contributed by atoms with Gasteiger partial charge < -0.3 is 47.7 Å². The van der Waals surface area contributed by atoms with E-state index in [1.807, 2.05) is 0 Å². The van der Waals surface area contributed by atoms with Crippen molar-refractivity contribution in [1.29, 1.82) is 0 Å². The highest BCUT2D eigenvalue weighted by molar-refractivity contribution is 5.68. The molecule has 17 heteroatoms. The number of esters is 6. The molecule has 16 nitrogen and oxygen atoms in total. The van der Waals surface area contributed by atoms with E-state index in [0.29, 0.717) is 0 Å². The molecule has 2 aliphatic heterocycles. The number of hydrogen-bond donors (Lipinski definition) is 1. The monoisotopic (exact) mass is 596 g/mol. The van der Waals surface area contributed by atoms with Crippen molar-refractivity contribution in [3.8, 4) is 0 Å². The summed E-state index contributed by atoms with van der Waals surface area (Å²) in [4.78, 5) is 70.4. The molecule has 0 aromatic rings. The molecule has 41 heavy (non-hydrogen) atoms. The molecular formula is C24H33FO16. The van der Waals surface area contributed by atoms with Crippen molar-refractivity contribution in [2.75, 3.05) is 13.2 Å². The molecule has 1 N–H and O–H groups in total. The zero-order valence-corrected chi connectivity index (χ0v) is 23.1. The minimum Gasteiger partial charge on any atom is -0.463 e. The topological polar surface area (TPSA) is 206 Å². The van der Waals surface area contributed by atoms with Crippen molar-refractivity contribution >= 4 is 35.8 Å². The lowest BCUT2D eigenvalue weighted by molar-refractivity contribution is -0.351. The summed E-state index contributed by atoms with van der Waals surface area (Å²) in [6.07, 6.45) is -17.5. The number of ether oxygens (including phenoxy) is 9. The Kier molecular flexibility index (Phi) is 12.4. The van der Waals surface area contributed by atoms with Crippen LogP contribution in [0, 0.1) is 0 Å². The van der Waals surface area contributed by atoms with Crippen LogP contribution in [0.4, 0.5) is 4.39 Å². The van der Waals surface area contributed by atoms with Crippen LogP contribution in [-0.2, 0) is 71.4 Å². The van der Waals surface area contributed by atoms with Gasteiger partial charge in [0.25, 0.3) is 0 Å². The van der Waals surface area contributed by atoms with Gasteiger partial charge in [-0.2, -0.15) is 0 Å². The van der Waals surface area contributed by atoms with Gasteiger partial charge >= 0.3 is 35.8 Å². The van der Waals surface area contributed by atoms with Crippen LogP contribution in [0.1, 0.15) is 41.5 Å². The van der Waals surface area contributed by atoms with Crippen LogP contribution in [0.5, 0.6) is 0 Å². The first-order valence-electron chi connectivity index (χ1n) is 12.3. The molecule has 4 unspecified atom stereocenters. The molecule has 2 fully saturated rings. The number of halogens is 1. The smallest absolute Gasteiger partial charge is 0.303 e. The molecule has 10 atom stereocenters.